The minimum Gasteiger partial charge on any atom is -0.305 e. The maximum absolute atomic E-state index is 11.9. The molecule has 0 aliphatic carbocycles. The summed E-state index contributed by atoms with van der Waals surface area (Å²) >= 11 is 5.59. The number of sulfonamides is 1. The van der Waals surface area contributed by atoms with Crippen molar-refractivity contribution in [3.8, 4) is 0 Å². The summed E-state index contributed by atoms with van der Waals surface area (Å²) < 4.78 is 24.5. The van der Waals surface area contributed by atoms with Crippen molar-refractivity contribution in [2.24, 2.45) is 0 Å². The van der Waals surface area contributed by atoms with Crippen LogP contribution in [0.4, 0.5) is 11.5 Å². The molecule has 1 heterocycles. The van der Waals surface area contributed by atoms with Gasteiger partial charge in [-0.05, 0) is 36.4 Å². The number of benzene rings is 1. The third-order valence-corrected chi connectivity index (χ3v) is 3.13. The molecule has 0 radical (unpaired) electrons. The summed E-state index contributed by atoms with van der Waals surface area (Å²) in [6, 6.07) is 8.99. The van der Waals surface area contributed by atoms with Crippen molar-refractivity contribution >= 4 is 39.0 Å². The average molecular weight is 327 g/mol. The van der Waals surface area contributed by atoms with Crippen LogP contribution in [0.1, 0.15) is 10.4 Å². The van der Waals surface area contributed by atoms with E-state index < -0.39 is 15.9 Å². The zero-order chi connectivity index (χ0) is 15.5. The number of hydrogen-bond donors (Lipinski definition) is 2. The number of anilines is 2. The van der Waals surface area contributed by atoms with E-state index in [1.807, 2.05) is 0 Å². The fraction of sp³-hybridized carbons (Fsp3) is 0.0833. The Kier molecular flexibility index (Phi) is 4.39. The summed E-state index contributed by atoms with van der Waals surface area (Å²) in [5.41, 5.74) is 0.728. The fourth-order valence-electron chi connectivity index (χ4n) is 1.47. The molecule has 7 nitrogen and oxygen atoms in total. The number of hydrogen-bond acceptors (Lipinski definition) is 5. The molecule has 2 aromatic rings. The molecule has 0 unspecified atom stereocenters. The van der Waals surface area contributed by atoms with Crippen molar-refractivity contribution in [1.82, 2.24) is 10.2 Å². The number of nitrogens with zero attached hydrogens (tertiary/aromatic N) is 2. The van der Waals surface area contributed by atoms with E-state index in [1.165, 1.54) is 36.4 Å². The van der Waals surface area contributed by atoms with Crippen molar-refractivity contribution < 1.29 is 13.2 Å². The number of nitrogens with one attached hydrogen (secondary N) is 2. The van der Waals surface area contributed by atoms with Crippen molar-refractivity contribution in [2.75, 3.05) is 16.3 Å². The highest BCUT2D eigenvalue weighted by molar-refractivity contribution is 7.92. The molecule has 2 N–H and O–H groups in total. The Morgan fingerprint density at radius 1 is 1.10 bits per heavy atom. The van der Waals surface area contributed by atoms with E-state index >= 15 is 0 Å². The number of carbonyl (C=O) groups excluding carboxylic acids is 1. The average Bonchev–Trinajstić information content (AvgIpc) is 2.40. The molecule has 0 saturated heterocycles. The molecule has 1 aromatic heterocycles. The van der Waals surface area contributed by atoms with Crippen molar-refractivity contribution in [3.05, 3.63) is 47.1 Å². The highest BCUT2D eigenvalue weighted by Crippen LogP contribution is 2.13. The zero-order valence-electron chi connectivity index (χ0n) is 10.9. The summed E-state index contributed by atoms with van der Waals surface area (Å²) in [5, 5.41) is 10.1. The van der Waals surface area contributed by atoms with Gasteiger partial charge >= 0.3 is 0 Å². The summed E-state index contributed by atoms with van der Waals surface area (Å²) in [5.74, 6) is -0.125. The van der Waals surface area contributed by atoms with Crippen molar-refractivity contribution in [3.63, 3.8) is 0 Å². The standard InChI is InChI=1S/C12H11ClN4O3S/c1-21(19,20)17-9-4-2-8(3-5-9)12(18)14-11-7-6-10(13)15-16-11/h2-7,17H,1H3,(H,14,16,18). The topological polar surface area (TPSA) is 101 Å². The molecule has 0 atom stereocenters. The Bertz CT molecular complexity index is 745. The van der Waals surface area contributed by atoms with Crippen LogP contribution in [0.5, 0.6) is 0 Å². The van der Waals surface area contributed by atoms with Crippen LogP contribution < -0.4 is 10.0 Å². The number of carbonyl (C=O) groups is 1. The lowest BCUT2D eigenvalue weighted by Gasteiger charge is -2.06. The molecular formula is C12H11ClN4O3S. The summed E-state index contributed by atoms with van der Waals surface area (Å²) in [4.78, 5) is 11.9. The normalized spacial score (nSPS) is 11.0. The van der Waals surface area contributed by atoms with Crippen LogP contribution >= 0.6 is 11.6 Å². The van der Waals surface area contributed by atoms with Gasteiger partial charge in [0.05, 0.1) is 6.26 Å². The quantitative estimate of drug-likeness (QED) is 0.891. The predicted molar refractivity (Wildman–Crippen MR) is 79.9 cm³/mol. The van der Waals surface area contributed by atoms with E-state index in [2.05, 4.69) is 20.2 Å². The highest BCUT2D eigenvalue weighted by Gasteiger charge is 2.08. The van der Waals surface area contributed by atoms with E-state index in [1.54, 1.807) is 0 Å². The second kappa shape index (κ2) is 6.06. The summed E-state index contributed by atoms with van der Waals surface area (Å²) in [7, 11) is -3.34. The smallest absolute Gasteiger partial charge is 0.256 e. The van der Waals surface area contributed by atoms with Gasteiger partial charge in [0.15, 0.2) is 11.0 Å². The molecule has 2 rings (SSSR count). The molecule has 1 amide bonds. The number of amides is 1. The third-order valence-electron chi connectivity index (χ3n) is 2.32. The van der Waals surface area contributed by atoms with Crippen molar-refractivity contribution in [2.45, 2.75) is 0 Å². The van der Waals surface area contributed by atoms with Crippen LogP contribution in [0.2, 0.25) is 5.15 Å². The molecule has 0 bridgehead atoms. The molecule has 0 aliphatic heterocycles. The van der Waals surface area contributed by atoms with Gasteiger partial charge in [0, 0.05) is 11.3 Å². The molecule has 110 valence electrons. The van der Waals surface area contributed by atoms with E-state index in [-0.39, 0.29) is 11.0 Å². The zero-order valence-corrected chi connectivity index (χ0v) is 12.4. The van der Waals surface area contributed by atoms with E-state index in [4.69, 9.17) is 11.6 Å². The van der Waals surface area contributed by atoms with Crippen molar-refractivity contribution in [1.29, 1.82) is 0 Å². The lowest BCUT2D eigenvalue weighted by molar-refractivity contribution is 0.102. The van der Waals surface area contributed by atoms with Gasteiger partial charge in [0.2, 0.25) is 10.0 Å². The van der Waals surface area contributed by atoms with E-state index in [0.29, 0.717) is 11.3 Å². The van der Waals surface area contributed by atoms with Gasteiger partial charge < -0.3 is 5.32 Å². The van der Waals surface area contributed by atoms with Crippen LogP contribution in [0.3, 0.4) is 0 Å². The van der Waals surface area contributed by atoms with Crippen LogP contribution in [0.25, 0.3) is 0 Å². The van der Waals surface area contributed by atoms with Gasteiger partial charge in [-0.25, -0.2) is 8.42 Å². The second-order valence-electron chi connectivity index (χ2n) is 4.15. The first-order valence-electron chi connectivity index (χ1n) is 5.72. The maximum atomic E-state index is 11.9. The van der Waals surface area contributed by atoms with E-state index in [0.717, 1.165) is 6.26 Å². The maximum Gasteiger partial charge on any atom is 0.256 e. The predicted octanol–water partition coefficient (Wildman–Crippen LogP) is 1.75. The molecule has 0 fully saturated rings. The van der Waals surface area contributed by atoms with Gasteiger partial charge in [0.1, 0.15) is 0 Å². The molecule has 0 saturated carbocycles. The molecular weight excluding hydrogens is 316 g/mol. The first-order valence-corrected chi connectivity index (χ1v) is 7.99. The molecule has 0 aliphatic rings. The third kappa shape index (κ3) is 4.69. The summed E-state index contributed by atoms with van der Waals surface area (Å²) in [6.45, 7) is 0. The molecule has 9 heteroatoms. The lowest BCUT2D eigenvalue weighted by Crippen LogP contribution is -2.14. The molecule has 1 aromatic carbocycles. The van der Waals surface area contributed by atoms with Gasteiger partial charge in [-0.2, -0.15) is 0 Å². The minimum atomic E-state index is -3.34. The SMILES string of the molecule is CS(=O)(=O)Nc1ccc(C(=O)Nc2ccc(Cl)nn2)cc1. The van der Waals surface area contributed by atoms with Crippen LogP contribution in [0, 0.1) is 0 Å². The van der Waals surface area contributed by atoms with Gasteiger partial charge in [-0.3, -0.25) is 9.52 Å². The first-order chi connectivity index (χ1) is 9.83. The molecule has 0 spiro atoms. The van der Waals surface area contributed by atoms with Crippen LogP contribution in [0.15, 0.2) is 36.4 Å². The van der Waals surface area contributed by atoms with Crippen LogP contribution in [-0.4, -0.2) is 30.8 Å². The largest absolute Gasteiger partial charge is 0.305 e. The number of rotatable bonds is 4. The monoisotopic (exact) mass is 326 g/mol. The highest BCUT2D eigenvalue weighted by atomic mass is 35.5. The van der Waals surface area contributed by atoms with E-state index in [9.17, 15) is 13.2 Å². The fourth-order valence-corrected chi connectivity index (χ4v) is 2.14. The number of aromatic nitrogens is 2. The Morgan fingerprint density at radius 2 is 1.76 bits per heavy atom. The van der Waals surface area contributed by atoms with Gasteiger partial charge in [-0.15, -0.1) is 10.2 Å². The Hall–Kier alpha value is -2.19. The Balaban J connectivity index is 2.08. The van der Waals surface area contributed by atoms with Gasteiger partial charge in [-0.1, -0.05) is 11.6 Å². The first kappa shape index (κ1) is 15.2. The Morgan fingerprint density at radius 3 is 2.29 bits per heavy atom. The minimum absolute atomic E-state index is 0.226. The Labute approximate surface area is 126 Å². The van der Waals surface area contributed by atoms with Crippen LogP contribution in [-0.2, 0) is 10.0 Å². The second-order valence-corrected chi connectivity index (χ2v) is 6.28. The lowest BCUT2D eigenvalue weighted by atomic mass is 10.2. The number of halogens is 1. The summed E-state index contributed by atoms with van der Waals surface area (Å²) in [6.07, 6.45) is 1.05. The molecule has 21 heavy (non-hydrogen) atoms. The van der Waals surface area contributed by atoms with Gasteiger partial charge in [0.25, 0.3) is 5.91 Å².